The summed E-state index contributed by atoms with van der Waals surface area (Å²) in [5.74, 6) is -1.00. The fraction of sp³-hybridized carbons (Fsp3) is 0.750. The van der Waals surface area contributed by atoms with E-state index in [0.29, 0.717) is 0 Å². The lowest BCUT2D eigenvalue weighted by molar-refractivity contribution is -0.0389. The Morgan fingerprint density at radius 3 is 2.56 bits per heavy atom. The summed E-state index contributed by atoms with van der Waals surface area (Å²) < 4.78 is 29.4. The fourth-order valence-corrected chi connectivity index (χ4v) is 5.72. The van der Waals surface area contributed by atoms with Crippen molar-refractivity contribution in [1.82, 2.24) is 14.8 Å². The number of amides is 1. The molecule has 1 unspecified atom stereocenters. The van der Waals surface area contributed by atoms with Crippen LogP contribution in [0.25, 0.3) is 0 Å². The summed E-state index contributed by atoms with van der Waals surface area (Å²) in [6.07, 6.45) is -3.30. The summed E-state index contributed by atoms with van der Waals surface area (Å²) in [6, 6.07) is 0. The summed E-state index contributed by atoms with van der Waals surface area (Å²) in [5.41, 5.74) is 5.08. The fourth-order valence-electron chi connectivity index (χ4n) is 2.19. The number of aromatic nitrogens is 3. The van der Waals surface area contributed by atoms with E-state index in [9.17, 15) is 19.6 Å². The predicted octanol–water partition coefficient (Wildman–Crippen LogP) is -0.0895. The molecule has 0 aliphatic carbocycles. The molecule has 1 aliphatic rings. The van der Waals surface area contributed by atoms with Crippen LogP contribution in [-0.4, -0.2) is 68.2 Å². The molecule has 1 saturated heterocycles. The van der Waals surface area contributed by atoms with Gasteiger partial charge in [-0.3, -0.25) is 4.79 Å². The Kier molecular flexibility index (Phi) is 6.97. The van der Waals surface area contributed by atoms with Crippen molar-refractivity contribution in [3.8, 4) is 0 Å². The van der Waals surface area contributed by atoms with Gasteiger partial charge in [-0.2, -0.15) is 0 Å². The Balaban J connectivity index is 2.03. The van der Waals surface area contributed by atoms with Crippen molar-refractivity contribution >= 4 is 24.1 Å². The highest BCUT2D eigenvalue weighted by Crippen LogP contribution is 2.61. The smallest absolute Gasteiger partial charge is 0.387 e. The van der Waals surface area contributed by atoms with Crippen LogP contribution in [0.15, 0.2) is 6.33 Å². The summed E-state index contributed by atoms with van der Waals surface area (Å²) in [6.45, 7) is 0.420. The third kappa shape index (κ3) is 4.79. The summed E-state index contributed by atoms with van der Waals surface area (Å²) in [4.78, 5) is 14.7. The first-order chi connectivity index (χ1) is 11.8. The van der Waals surface area contributed by atoms with Gasteiger partial charge in [-0.25, -0.2) is 14.2 Å². The lowest BCUT2D eigenvalue weighted by atomic mass is 10.1. The molecule has 2 heterocycles. The van der Waals surface area contributed by atoms with Gasteiger partial charge < -0.3 is 29.7 Å². The quantitative estimate of drug-likeness (QED) is 0.481. The number of carbonyl (C=O) groups is 1. The number of nitrogens with two attached hydrogens (primary N) is 1. The standard InChI is InChI=1S/C12H21N4O7PS/c1-3-21-24(20,22-4-2)25-5-7-8(17)9(18)12(23-7)16-6-14-11(15-16)10(13)19/h6-9,12,17-18H,3-5H2,1-2H3,(H2,13,19)/t7?,8-,9-,12-/m1/s1. The second-order valence-electron chi connectivity index (χ2n) is 5.04. The average Bonchev–Trinajstić information content (AvgIpc) is 3.13. The van der Waals surface area contributed by atoms with Gasteiger partial charge in [0.1, 0.15) is 18.5 Å². The van der Waals surface area contributed by atoms with E-state index in [2.05, 4.69) is 10.1 Å². The molecule has 2 rings (SSSR count). The minimum atomic E-state index is -3.37. The lowest BCUT2D eigenvalue weighted by Gasteiger charge is -2.19. The maximum absolute atomic E-state index is 12.4. The molecule has 11 nitrogen and oxygen atoms in total. The lowest BCUT2D eigenvalue weighted by Crippen LogP contribution is -2.32. The summed E-state index contributed by atoms with van der Waals surface area (Å²) in [7, 11) is 0. The number of hydrogen-bond acceptors (Lipinski definition) is 10. The van der Waals surface area contributed by atoms with Gasteiger partial charge in [-0.05, 0) is 25.2 Å². The number of nitrogens with zero attached hydrogens (tertiary/aromatic N) is 3. The van der Waals surface area contributed by atoms with Crippen molar-refractivity contribution in [1.29, 1.82) is 0 Å². The highest BCUT2D eigenvalue weighted by Gasteiger charge is 2.45. The van der Waals surface area contributed by atoms with Crippen LogP contribution in [0.1, 0.15) is 30.7 Å². The molecule has 1 amide bonds. The summed E-state index contributed by atoms with van der Waals surface area (Å²) in [5, 5.41) is 24.1. The van der Waals surface area contributed by atoms with Gasteiger partial charge in [0.15, 0.2) is 6.23 Å². The van der Waals surface area contributed by atoms with Crippen molar-refractivity contribution < 1.29 is 33.4 Å². The Labute approximate surface area is 148 Å². The molecule has 0 aromatic carbocycles. The first kappa shape index (κ1) is 20.3. The summed E-state index contributed by atoms with van der Waals surface area (Å²) >= 11 is 0.879. The largest absolute Gasteiger partial charge is 0.389 e. The van der Waals surface area contributed by atoms with Crippen LogP contribution >= 0.6 is 18.2 Å². The van der Waals surface area contributed by atoms with Crippen LogP contribution < -0.4 is 5.73 Å². The second-order valence-corrected chi connectivity index (χ2v) is 9.16. The number of primary amides is 1. The molecule has 0 bridgehead atoms. The molecule has 13 heteroatoms. The van der Waals surface area contributed by atoms with Crippen molar-refractivity contribution in [2.75, 3.05) is 19.0 Å². The molecular weight excluding hydrogens is 375 g/mol. The minimum absolute atomic E-state index is 0.0589. The topological polar surface area (TPSA) is 159 Å². The highest BCUT2D eigenvalue weighted by molar-refractivity contribution is 8.55. The zero-order chi connectivity index (χ0) is 18.6. The Morgan fingerprint density at radius 1 is 1.40 bits per heavy atom. The molecule has 0 radical (unpaired) electrons. The van der Waals surface area contributed by atoms with Gasteiger partial charge >= 0.3 is 6.80 Å². The van der Waals surface area contributed by atoms with E-state index in [1.807, 2.05) is 0 Å². The van der Waals surface area contributed by atoms with Crippen molar-refractivity contribution in [2.45, 2.75) is 38.4 Å². The van der Waals surface area contributed by atoms with E-state index >= 15 is 0 Å². The zero-order valence-corrected chi connectivity index (χ0v) is 15.4. The number of ether oxygens (including phenoxy) is 1. The van der Waals surface area contributed by atoms with Crippen molar-refractivity contribution in [2.24, 2.45) is 5.73 Å². The van der Waals surface area contributed by atoms with Crippen molar-refractivity contribution in [3.63, 3.8) is 0 Å². The number of aliphatic hydroxyl groups is 2. The van der Waals surface area contributed by atoms with Gasteiger partial charge in [-0.15, -0.1) is 5.10 Å². The average molecular weight is 396 g/mol. The van der Waals surface area contributed by atoms with Crippen LogP contribution in [0.2, 0.25) is 0 Å². The van der Waals surface area contributed by atoms with Crippen LogP contribution in [0.4, 0.5) is 0 Å². The number of aliphatic hydroxyl groups excluding tert-OH is 2. The van der Waals surface area contributed by atoms with Crippen LogP contribution in [-0.2, 0) is 18.3 Å². The van der Waals surface area contributed by atoms with Crippen LogP contribution in [0.3, 0.4) is 0 Å². The van der Waals surface area contributed by atoms with E-state index in [-0.39, 0.29) is 24.8 Å². The maximum atomic E-state index is 12.4. The molecule has 1 aromatic rings. The molecule has 4 N–H and O–H groups in total. The predicted molar refractivity (Wildman–Crippen MR) is 87.8 cm³/mol. The van der Waals surface area contributed by atoms with Gasteiger partial charge in [0, 0.05) is 5.75 Å². The zero-order valence-electron chi connectivity index (χ0n) is 13.7. The highest BCUT2D eigenvalue weighted by atomic mass is 32.7. The van der Waals surface area contributed by atoms with E-state index in [4.69, 9.17) is 19.5 Å². The van der Waals surface area contributed by atoms with Gasteiger partial charge in [0.05, 0.1) is 19.3 Å². The van der Waals surface area contributed by atoms with E-state index in [1.165, 1.54) is 6.33 Å². The van der Waals surface area contributed by atoms with Gasteiger partial charge in [-0.1, -0.05) is 0 Å². The molecule has 0 saturated carbocycles. The first-order valence-corrected chi connectivity index (χ1v) is 10.7. The maximum Gasteiger partial charge on any atom is 0.389 e. The molecule has 4 atom stereocenters. The Morgan fingerprint density at radius 2 is 2.04 bits per heavy atom. The molecule has 25 heavy (non-hydrogen) atoms. The molecular formula is C12H21N4O7PS. The van der Waals surface area contributed by atoms with Gasteiger partial charge in [0.25, 0.3) is 5.91 Å². The number of hydrogen-bond donors (Lipinski definition) is 3. The normalized spacial score (nSPS) is 26.9. The van der Waals surface area contributed by atoms with Gasteiger partial charge in [0.2, 0.25) is 5.82 Å². The number of rotatable bonds is 9. The molecule has 0 spiro atoms. The second kappa shape index (κ2) is 8.58. The van der Waals surface area contributed by atoms with Crippen molar-refractivity contribution in [3.05, 3.63) is 12.2 Å². The Bertz CT molecular complexity index is 635. The molecule has 1 aromatic heterocycles. The third-order valence-corrected chi connectivity index (χ3v) is 7.27. The number of carbonyl (C=O) groups excluding carboxylic acids is 1. The minimum Gasteiger partial charge on any atom is -0.387 e. The van der Waals surface area contributed by atoms with E-state index in [1.54, 1.807) is 13.8 Å². The third-order valence-electron chi connectivity index (χ3n) is 3.30. The molecule has 1 fully saturated rings. The molecule has 142 valence electrons. The molecule has 1 aliphatic heterocycles. The SMILES string of the molecule is CCOP(=O)(OCC)SCC1O[C@@H](n2cnc(C(N)=O)n2)[C@H](O)[C@@H]1O. The monoisotopic (exact) mass is 396 g/mol. The van der Waals surface area contributed by atoms with Crippen LogP contribution in [0, 0.1) is 0 Å². The van der Waals surface area contributed by atoms with E-state index in [0.717, 1.165) is 16.1 Å². The Hall–Kier alpha value is -1.01. The first-order valence-electron chi connectivity index (χ1n) is 7.57. The van der Waals surface area contributed by atoms with E-state index < -0.39 is 37.2 Å². The van der Waals surface area contributed by atoms with Crippen LogP contribution in [0.5, 0.6) is 0 Å².